The molecule has 3 aromatic rings. The maximum atomic E-state index is 12.3. The van der Waals surface area contributed by atoms with Crippen molar-refractivity contribution in [3.63, 3.8) is 0 Å². The largest absolute Gasteiger partial charge is 0.309 e. The Bertz CT molecular complexity index is 887. The van der Waals surface area contributed by atoms with Gasteiger partial charge in [0, 0.05) is 18.0 Å². The van der Waals surface area contributed by atoms with Crippen molar-refractivity contribution in [3.05, 3.63) is 65.6 Å². The maximum Gasteiger partial charge on any atom is 0.230 e. The highest BCUT2D eigenvalue weighted by atomic mass is 16.1. The number of nitrogens with zero attached hydrogens (tertiary/aromatic N) is 4. The zero-order chi connectivity index (χ0) is 18.7. The molecule has 6 heteroatoms. The number of nitrogens with one attached hydrogen (secondary N) is 1. The van der Waals surface area contributed by atoms with Crippen LogP contribution in [-0.2, 0) is 23.3 Å². The van der Waals surface area contributed by atoms with Gasteiger partial charge in [-0.3, -0.25) is 14.2 Å². The number of anilines is 1. The summed E-state index contributed by atoms with van der Waals surface area (Å²) >= 11 is 0. The number of rotatable bonds is 5. The number of amides is 1. The van der Waals surface area contributed by atoms with E-state index in [0.29, 0.717) is 12.4 Å². The van der Waals surface area contributed by atoms with E-state index in [-0.39, 0.29) is 17.9 Å². The monoisotopic (exact) mass is 351 g/mol. The van der Waals surface area contributed by atoms with E-state index in [4.69, 9.17) is 0 Å². The third-order valence-corrected chi connectivity index (χ3v) is 4.03. The fourth-order valence-corrected chi connectivity index (χ4v) is 2.94. The fourth-order valence-electron chi connectivity index (χ4n) is 2.94. The van der Waals surface area contributed by atoms with Gasteiger partial charge in [-0.2, -0.15) is 10.2 Å². The highest BCUT2D eigenvalue weighted by Crippen LogP contribution is 2.19. The van der Waals surface area contributed by atoms with Crippen LogP contribution >= 0.6 is 0 Å². The summed E-state index contributed by atoms with van der Waals surface area (Å²) < 4.78 is 3.76. The highest BCUT2D eigenvalue weighted by molar-refractivity contribution is 5.91. The summed E-state index contributed by atoms with van der Waals surface area (Å²) in [6.45, 7) is 8.93. The zero-order valence-electron chi connectivity index (χ0n) is 15.7. The second kappa shape index (κ2) is 7.15. The number of carbonyl (C=O) groups excluding carboxylic acids is 1. The lowest BCUT2D eigenvalue weighted by Gasteiger charge is -2.20. The van der Waals surface area contributed by atoms with Gasteiger partial charge in [-0.1, -0.05) is 30.3 Å². The SMILES string of the molecule is Cc1cc(NC(=O)Cc2cnn(Cc3ccccc3)c2)nn1C(C)(C)C. The molecule has 0 fully saturated rings. The van der Waals surface area contributed by atoms with Crippen LogP contribution in [0.1, 0.15) is 37.6 Å². The van der Waals surface area contributed by atoms with Gasteiger partial charge in [-0.25, -0.2) is 0 Å². The van der Waals surface area contributed by atoms with E-state index in [0.717, 1.165) is 11.3 Å². The van der Waals surface area contributed by atoms with E-state index in [1.54, 1.807) is 6.20 Å². The lowest BCUT2D eigenvalue weighted by atomic mass is 10.1. The van der Waals surface area contributed by atoms with E-state index in [9.17, 15) is 4.79 Å². The minimum Gasteiger partial charge on any atom is -0.309 e. The molecule has 1 aromatic carbocycles. The number of carbonyl (C=O) groups is 1. The van der Waals surface area contributed by atoms with E-state index in [1.165, 1.54) is 5.56 Å². The molecular formula is C20H25N5O. The summed E-state index contributed by atoms with van der Waals surface area (Å²) in [7, 11) is 0. The molecule has 1 N–H and O–H groups in total. The molecule has 0 bridgehead atoms. The molecule has 0 saturated carbocycles. The lowest BCUT2D eigenvalue weighted by molar-refractivity contribution is -0.115. The van der Waals surface area contributed by atoms with Crippen molar-refractivity contribution < 1.29 is 4.79 Å². The second-order valence-corrected chi connectivity index (χ2v) is 7.51. The van der Waals surface area contributed by atoms with Gasteiger partial charge >= 0.3 is 0 Å². The van der Waals surface area contributed by atoms with Crippen molar-refractivity contribution in [1.29, 1.82) is 0 Å². The molecule has 0 atom stereocenters. The Hall–Kier alpha value is -2.89. The van der Waals surface area contributed by atoms with Gasteiger partial charge in [0.15, 0.2) is 5.82 Å². The molecule has 2 aromatic heterocycles. The molecule has 0 aliphatic carbocycles. The summed E-state index contributed by atoms with van der Waals surface area (Å²) in [6, 6.07) is 12.0. The molecule has 26 heavy (non-hydrogen) atoms. The Labute approximate surface area is 153 Å². The van der Waals surface area contributed by atoms with Crippen molar-refractivity contribution >= 4 is 11.7 Å². The van der Waals surface area contributed by atoms with Gasteiger partial charge < -0.3 is 5.32 Å². The molecule has 0 unspecified atom stereocenters. The van der Waals surface area contributed by atoms with Crippen molar-refractivity contribution in [2.45, 2.75) is 46.2 Å². The zero-order valence-corrected chi connectivity index (χ0v) is 15.7. The summed E-state index contributed by atoms with van der Waals surface area (Å²) in [6.07, 6.45) is 3.92. The topological polar surface area (TPSA) is 64.7 Å². The summed E-state index contributed by atoms with van der Waals surface area (Å²) in [4.78, 5) is 12.3. The Kier molecular flexibility index (Phi) is 4.93. The van der Waals surface area contributed by atoms with Gasteiger partial charge in [0.2, 0.25) is 5.91 Å². The molecule has 0 aliphatic rings. The molecule has 0 saturated heterocycles. The molecule has 0 aliphatic heterocycles. The number of benzene rings is 1. The standard InChI is InChI=1S/C20H25N5O/c1-15-10-18(23-25(15)20(2,3)4)22-19(26)11-17-12-21-24(14-17)13-16-8-6-5-7-9-16/h5-10,12,14H,11,13H2,1-4H3,(H,22,23,26). The normalized spacial score (nSPS) is 11.5. The average molecular weight is 351 g/mol. The minimum atomic E-state index is -0.119. The summed E-state index contributed by atoms with van der Waals surface area (Å²) in [5, 5.41) is 11.7. The third kappa shape index (κ3) is 4.39. The van der Waals surface area contributed by atoms with Crippen molar-refractivity contribution in [2.24, 2.45) is 0 Å². The Morgan fingerprint density at radius 3 is 2.54 bits per heavy atom. The lowest BCUT2D eigenvalue weighted by Crippen LogP contribution is -2.24. The fraction of sp³-hybridized carbons (Fsp3) is 0.350. The van der Waals surface area contributed by atoms with Gasteiger partial charge in [-0.15, -0.1) is 0 Å². The highest BCUT2D eigenvalue weighted by Gasteiger charge is 2.18. The Morgan fingerprint density at radius 1 is 1.15 bits per heavy atom. The predicted octanol–water partition coefficient (Wildman–Crippen LogP) is 3.37. The molecule has 1 amide bonds. The molecule has 2 heterocycles. The summed E-state index contributed by atoms with van der Waals surface area (Å²) in [5.41, 5.74) is 2.95. The Morgan fingerprint density at radius 2 is 1.88 bits per heavy atom. The van der Waals surface area contributed by atoms with Crippen LogP contribution in [0.2, 0.25) is 0 Å². The first-order valence-electron chi connectivity index (χ1n) is 8.73. The third-order valence-electron chi connectivity index (χ3n) is 4.03. The van der Waals surface area contributed by atoms with Crippen LogP contribution in [0.15, 0.2) is 48.8 Å². The number of hydrogen-bond acceptors (Lipinski definition) is 3. The molecule has 6 nitrogen and oxygen atoms in total. The number of aromatic nitrogens is 4. The molecule has 0 spiro atoms. The van der Waals surface area contributed by atoms with E-state index in [1.807, 2.05) is 46.7 Å². The van der Waals surface area contributed by atoms with Gasteiger partial charge in [0.25, 0.3) is 0 Å². The van der Waals surface area contributed by atoms with Gasteiger partial charge in [-0.05, 0) is 38.8 Å². The molecule has 3 rings (SSSR count). The predicted molar refractivity (Wildman–Crippen MR) is 102 cm³/mol. The van der Waals surface area contributed by atoms with Crippen LogP contribution in [0.4, 0.5) is 5.82 Å². The first-order chi connectivity index (χ1) is 12.3. The van der Waals surface area contributed by atoms with E-state index in [2.05, 4.69) is 48.4 Å². The first kappa shape index (κ1) is 17.9. The average Bonchev–Trinajstić information content (AvgIpc) is 3.14. The Balaban J connectivity index is 1.61. The van der Waals surface area contributed by atoms with Crippen molar-refractivity contribution in [3.8, 4) is 0 Å². The molecular weight excluding hydrogens is 326 g/mol. The van der Waals surface area contributed by atoms with Crippen LogP contribution in [0.25, 0.3) is 0 Å². The smallest absolute Gasteiger partial charge is 0.230 e. The van der Waals surface area contributed by atoms with Gasteiger partial charge in [0.1, 0.15) is 0 Å². The van der Waals surface area contributed by atoms with E-state index < -0.39 is 0 Å². The first-order valence-corrected chi connectivity index (χ1v) is 8.73. The quantitative estimate of drug-likeness (QED) is 0.766. The van der Waals surface area contributed by atoms with Crippen LogP contribution in [0, 0.1) is 6.92 Å². The number of aryl methyl sites for hydroxylation is 1. The van der Waals surface area contributed by atoms with Crippen molar-refractivity contribution in [2.75, 3.05) is 5.32 Å². The van der Waals surface area contributed by atoms with Crippen molar-refractivity contribution in [1.82, 2.24) is 19.6 Å². The second-order valence-electron chi connectivity index (χ2n) is 7.51. The molecule has 0 radical (unpaired) electrons. The van der Waals surface area contributed by atoms with Crippen LogP contribution in [0.3, 0.4) is 0 Å². The summed E-state index contributed by atoms with van der Waals surface area (Å²) in [5.74, 6) is 0.488. The van der Waals surface area contributed by atoms with Gasteiger partial charge in [0.05, 0.1) is 24.7 Å². The van der Waals surface area contributed by atoms with Crippen LogP contribution in [-0.4, -0.2) is 25.5 Å². The molecule has 136 valence electrons. The number of hydrogen-bond donors (Lipinski definition) is 1. The van der Waals surface area contributed by atoms with Crippen LogP contribution < -0.4 is 5.32 Å². The minimum absolute atomic E-state index is 0.0946. The maximum absolute atomic E-state index is 12.3. The van der Waals surface area contributed by atoms with E-state index >= 15 is 0 Å². The van der Waals surface area contributed by atoms with Crippen LogP contribution in [0.5, 0.6) is 0 Å².